The number of carbonyl (C=O) groups is 2. The number of nitrogens with one attached hydrogen (secondary N) is 1. The summed E-state index contributed by atoms with van der Waals surface area (Å²) >= 11 is 6.91. The number of carbonyl (C=O) groups excluding carboxylic acids is 2. The maximum absolute atomic E-state index is 12.5. The SMILES string of the molecule is CCC(CC)C(=O)Nc1sc(C(=O)OCc2ccc(Cl)cc2)c(C)c1C#N. The molecular formula is C20H21ClN2O3S. The van der Waals surface area contributed by atoms with Crippen LogP contribution in [0.5, 0.6) is 0 Å². The van der Waals surface area contributed by atoms with Gasteiger partial charge in [0.2, 0.25) is 5.91 Å². The molecule has 2 aromatic rings. The van der Waals surface area contributed by atoms with E-state index in [1.54, 1.807) is 31.2 Å². The number of ether oxygens (including phenoxy) is 1. The smallest absolute Gasteiger partial charge is 0.349 e. The van der Waals surface area contributed by atoms with Crippen molar-refractivity contribution >= 4 is 39.8 Å². The van der Waals surface area contributed by atoms with Gasteiger partial charge in [-0.15, -0.1) is 11.3 Å². The second-order valence-electron chi connectivity index (χ2n) is 6.08. The van der Waals surface area contributed by atoms with E-state index in [1.165, 1.54) is 0 Å². The number of thiophene rings is 1. The molecule has 0 aliphatic heterocycles. The van der Waals surface area contributed by atoms with Crippen molar-refractivity contribution in [3.63, 3.8) is 0 Å². The van der Waals surface area contributed by atoms with Crippen LogP contribution in [0.15, 0.2) is 24.3 Å². The Morgan fingerprint density at radius 2 is 1.89 bits per heavy atom. The lowest BCUT2D eigenvalue weighted by Gasteiger charge is -2.11. The molecule has 1 aromatic heterocycles. The summed E-state index contributed by atoms with van der Waals surface area (Å²) in [5, 5.41) is 13.2. The average Bonchev–Trinajstić information content (AvgIpc) is 2.97. The minimum Gasteiger partial charge on any atom is -0.457 e. The number of rotatable bonds is 7. The first-order chi connectivity index (χ1) is 12.9. The van der Waals surface area contributed by atoms with Crippen molar-refractivity contribution in [3.05, 3.63) is 50.9 Å². The molecule has 7 heteroatoms. The zero-order chi connectivity index (χ0) is 20.0. The quantitative estimate of drug-likeness (QED) is 0.634. The zero-order valence-corrected chi connectivity index (χ0v) is 17.0. The van der Waals surface area contributed by atoms with Crippen LogP contribution < -0.4 is 5.32 Å². The molecule has 0 saturated carbocycles. The maximum Gasteiger partial charge on any atom is 0.349 e. The van der Waals surface area contributed by atoms with Crippen LogP contribution in [-0.4, -0.2) is 11.9 Å². The van der Waals surface area contributed by atoms with Crippen molar-refractivity contribution in [1.29, 1.82) is 5.26 Å². The van der Waals surface area contributed by atoms with Crippen LogP contribution in [0, 0.1) is 24.2 Å². The summed E-state index contributed by atoms with van der Waals surface area (Å²) in [5.74, 6) is -0.787. The van der Waals surface area contributed by atoms with E-state index in [-0.39, 0.29) is 18.4 Å². The predicted molar refractivity (Wildman–Crippen MR) is 107 cm³/mol. The Balaban J connectivity index is 2.16. The molecule has 0 atom stereocenters. The number of nitrogens with zero attached hydrogens (tertiary/aromatic N) is 1. The number of benzene rings is 1. The van der Waals surface area contributed by atoms with Crippen LogP contribution in [0.2, 0.25) is 5.02 Å². The van der Waals surface area contributed by atoms with Crippen molar-refractivity contribution in [2.45, 2.75) is 40.2 Å². The van der Waals surface area contributed by atoms with Crippen LogP contribution in [0.3, 0.4) is 0 Å². The second-order valence-corrected chi connectivity index (χ2v) is 7.53. The number of amides is 1. The van der Waals surface area contributed by atoms with E-state index in [0.717, 1.165) is 16.9 Å². The van der Waals surface area contributed by atoms with Gasteiger partial charge in [-0.05, 0) is 43.0 Å². The van der Waals surface area contributed by atoms with Crippen LogP contribution in [0.25, 0.3) is 0 Å². The minimum atomic E-state index is -0.521. The summed E-state index contributed by atoms with van der Waals surface area (Å²) in [6.45, 7) is 5.67. The van der Waals surface area contributed by atoms with Crippen LogP contribution in [0.4, 0.5) is 5.00 Å². The molecule has 0 spiro atoms. The molecule has 142 valence electrons. The van der Waals surface area contributed by atoms with E-state index in [1.807, 2.05) is 13.8 Å². The van der Waals surface area contributed by atoms with Crippen molar-refractivity contribution in [2.75, 3.05) is 5.32 Å². The first kappa shape index (κ1) is 20.9. The zero-order valence-electron chi connectivity index (χ0n) is 15.5. The number of hydrogen-bond acceptors (Lipinski definition) is 5. The van der Waals surface area contributed by atoms with E-state index in [9.17, 15) is 14.9 Å². The van der Waals surface area contributed by atoms with Gasteiger partial charge in [-0.3, -0.25) is 4.79 Å². The molecule has 0 saturated heterocycles. The van der Waals surface area contributed by atoms with Gasteiger partial charge in [0.05, 0.1) is 5.56 Å². The lowest BCUT2D eigenvalue weighted by molar-refractivity contribution is -0.120. The van der Waals surface area contributed by atoms with Crippen molar-refractivity contribution in [2.24, 2.45) is 5.92 Å². The summed E-state index contributed by atoms with van der Waals surface area (Å²) in [6.07, 6.45) is 1.43. The van der Waals surface area contributed by atoms with Gasteiger partial charge in [-0.25, -0.2) is 4.79 Å². The highest BCUT2D eigenvalue weighted by atomic mass is 35.5. The summed E-state index contributed by atoms with van der Waals surface area (Å²) in [6, 6.07) is 9.07. The van der Waals surface area contributed by atoms with E-state index in [0.29, 0.717) is 38.9 Å². The molecule has 0 aliphatic rings. The molecule has 0 fully saturated rings. The molecule has 1 heterocycles. The molecule has 27 heavy (non-hydrogen) atoms. The minimum absolute atomic E-state index is 0.102. The normalized spacial score (nSPS) is 10.5. The highest BCUT2D eigenvalue weighted by Crippen LogP contribution is 2.33. The van der Waals surface area contributed by atoms with E-state index in [4.69, 9.17) is 16.3 Å². The average molecular weight is 405 g/mol. The second kappa shape index (κ2) is 9.54. The summed E-state index contributed by atoms with van der Waals surface area (Å²) < 4.78 is 5.35. The van der Waals surface area contributed by atoms with Gasteiger partial charge in [-0.2, -0.15) is 5.26 Å². The molecular weight excluding hydrogens is 384 g/mol. The van der Waals surface area contributed by atoms with Gasteiger partial charge in [0.25, 0.3) is 0 Å². The molecule has 0 radical (unpaired) electrons. The van der Waals surface area contributed by atoms with E-state index in [2.05, 4.69) is 11.4 Å². The lowest BCUT2D eigenvalue weighted by atomic mass is 10.0. The fourth-order valence-corrected chi connectivity index (χ4v) is 3.78. The predicted octanol–water partition coefficient (Wildman–Crippen LogP) is 5.31. The van der Waals surface area contributed by atoms with Gasteiger partial charge < -0.3 is 10.1 Å². The molecule has 0 bridgehead atoms. The van der Waals surface area contributed by atoms with Gasteiger partial charge in [-0.1, -0.05) is 37.6 Å². The first-order valence-corrected chi connectivity index (χ1v) is 9.86. The number of esters is 1. The number of hydrogen-bond donors (Lipinski definition) is 1. The maximum atomic E-state index is 12.5. The standard InChI is InChI=1S/C20H21ClN2O3S/c1-4-14(5-2)18(24)23-19-16(10-22)12(3)17(27-19)20(25)26-11-13-6-8-15(21)9-7-13/h6-9,14H,4-5,11H2,1-3H3,(H,23,24). The summed E-state index contributed by atoms with van der Waals surface area (Å²) in [5.41, 5.74) is 1.63. The van der Waals surface area contributed by atoms with E-state index >= 15 is 0 Å². The number of halogens is 1. The van der Waals surface area contributed by atoms with E-state index < -0.39 is 5.97 Å². The third kappa shape index (κ3) is 5.09. The Hall–Kier alpha value is -2.36. The monoisotopic (exact) mass is 404 g/mol. The topological polar surface area (TPSA) is 79.2 Å². The van der Waals surface area contributed by atoms with Crippen LogP contribution in [0.1, 0.15) is 53.1 Å². The number of nitriles is 1. The molecule has 0 unspecified atom stereocenters. The first-order valence-electron chi connectivity index (χ1n) is 8.67. The third-order valence-corrected chi connectivity index (χ3v) is 5.76. The third-order valence-electron chi connectivity index (χ3n) is 4.32. The Morgan fingerprint density at radius 1 is 1.26 bits per heavy atom. The summed E-state index contributed by atoms with van der Waals surface area (Å²) in [4.78, 5) is 25.1. The van der Waals surface area contributed by atoms with Crippen molar-refractivity contribution in [3.8, 4) is 6.07 Å². The Kier molecular flexibility index (Phi) is 7.40. The highest BCUT2D eigenvalue weighted by Gasteiger charge is 2.24. The molecule has 1 N–H and O–H groups in total. The molecule has 1 amide bonds. The fourth-order valence-electron chi connectivity index (χ4n) is 2.60. The fraction of sp³-hybridized carbons (Fsp3) is 0.350. The Labute approximate surface area is 167 Å². The number of anilines is 1. The van der Waals surface area contributed by atoms with Crippen molar-refractivity contribution in [1.82, 2.24) is 0 Å². The molecule has 0 aliphatic carbocycles. The highest BCUT2D eigenvalue weighted by molar-refractivity contribution is 7.18. The Bertz CT molecular complexity index is 865. The largest absolute Gasteiger partial charge is 0.457 e. The molecule has 5 nitrogen and oxygen atoms in total. The lowest BCUT2D eigenvalue weighted by Crippen LogP contribution is -2.21. The van der Waals surface area contributed by atoms with Crippen molar-refractivity contribution < 1.29 is 14.3 Å². The summed E-state index contributed by atoms with van der Waals surface area (Å²) in [7, 11) is 0. The van der Waals surface area contributed by atoms with Gasteiger partial charge in [0.1, 0.15) is 22.6 Å². The molecule has 2 rings (SSSR count). The Morgan fingerprint density at radius 3 is 2.44 bits per heavy atom. The van der Waals surface area contributed by atoms with Crippen LogP contribution in [-0.2, 0) is 16.1 Å². The van der Waals surface area contributed by atoms with Crippen LogP contribution >= 0.6 is 22.9 Å². The van der Waals surface area contributed by atoms with Gasteiger partial charge >= 0.3 is 5.97 Å². The van der Waals surface area contributed by atoms with Gasteiger partial charge in [0, 0.05) is 10.9 Å². The van der Waals surface area contributed by atoms with Gasteiger partial charge in [0.15, 0.2) is 0 Å². The molecule has 1 aromatic carbocycles.